The van der Waals surface area contributed by atoms with E-state index < -0.39 is 5.82 Å². The van der Waals surface area contributed by atoms with Gasteiger partial charge in [0.1, 0.15) is 17.3 Å². The van der Waals surface area contributed by atoms with Crippen molar-refractivity contribution < 1.29 is 18.3 Å². The Morgan fingerprint density at radius 2 is 2.00 bits per heavy atom. The van der Waals surface area contributed by atoms with Gasteiger partial charge in [-0.25, -0.2) is 13.8 Å². The van der Waals surface area contributed by atoms with E-state index in [0.717, 1.165) is 5.56 Å². The summed E-state index contributed by atoms with van der Waals surface area (Å²) >= 11 is 0. The molecule has 0 radical (unpaired) electrons. The van der Waals surface area contributed by atoms with Crippen molar-refractivity contribution in [1.82, 2.24) is 5.32 Å². The molecule has 0 atom stereocenters. The Bertz CT molecular complexity index is 875. The van der Waals surface area contributed by atoms with Crippen LogP contribution in [0, 0.1) is 11.6 Å². The Hall–Kier alpha value is -3.02. The van der Waals surface area contributed by atoms with Gasteiger partial charge in [-0.3, -0.25) is 4.79 Å². The van der Waals surface area contributed by atoms with Crippen molar-refractivity contribution in [2.45, 2.75) is 12.8 Å². The molecule has 0 aromatic heterocycles. The standard InChI is InChI=1S/C19H16F2N2O2/c1-25-17-7-5-13(10-15(17)21)11-16-19(24)23-18(22-16)8-6-12-3-2-4-14(20)9-12/h2-5,7,9-11H,6,8H2,1H3,(H,22,23,24)/b16-11+. The Morgan fingerprint density at radius 3 is 2.72 bits per heavy atom. The van der Waals surface area contributed by atoms with Crippen molar-refractivity contribution >= 4 is 17.8 Å². The average Bonchev–Trinajstić information content (AvgIpc) is 2.93. The van der Waals surface area contributed by atoms with Crippen LogP contribution in [0.4, 0.5) is 8.78 Å². The average molecular weight is 342 g/mol. The molecule has 0 saturated heterocycles. The molecule has 1 aliphatic rings. The van der Waals surface area contributed by atoms with E-state index in [-0.39, 0.29) is 23.2 Å². The van der Waals surface area contributed by atoms with Gasteiger partial charge in [0.15, 0.2) is 11.6 Å². The molecule has 1 heterocycles. The molecule has 1 aliphatic heterocycles. The van der Waals surface area contributed by atoms with Gasteiger partial charge < -0.3 is 10.1 Å². The number of carbonyl (C=O) groups excluding carboxylic acids is 1. The molecule has 128 valence electrons. The summed E-state index contributed by atoms with van der Waals surface area (Å²) in [6, 6.07) is 10.7. The largest absolute Gasteiger partial charge is 0.494 e. The summed E-state index contributed by atoms with van der Waals surface area (Å²) in [6.45, 7) is 0. The molecule has 0 aliphatic carbocycles. The summed E-state index contributed by atoms with van der Waals surface area (Å²) in [6.07, 6.45) is 2.54. The maximum absolute atomic E-state index is 13.7. The van der Waals surface area contributed by atoms with Gasteiger partial charge in [0.25, 0.3) is 5.91 Å². The van der Waals surface area contributed by atoms with E-state index in [9.17, 15) is 13.6 Å². The molecule has 1 amide bonds. The molecule has 2 aromatic carbocycles. The summed E-state index contributed by atoms with van der Waals surface area (Å²) in [5.41, 5.74) is 1.55. The Morgan fingerprint density at radius 1 is 1.16 bits per heavy atom. The number of nitrogens with one attached hydrogen (secondary N) is 1. The number of hydrogen-bond donors (Lipinski definition) is 1. The molecular weight excluding hydrogens is 326 g/mol. The summed E-state index contributed by atoms with van der Waals surface area (Å²) in [5, 5.41) is 2.68. The summed E-state index contributed by atoms with van der Waals surface area (Å²) in [7, 11) is 1.39. The van der Waals surface area contributed by atoms with E-state index in [2.05, 4.69) is 10.3 Å². The molecule has 0 unspecified atom stereocenters. The number of ether oxygens (including phenoxy) is 1. The lowest BCUT2D eigenvalue weighted by atomic mass is 10.1. The first kappa shape index (κ1) is 16.8. The number of hydrogen-bond acceptors (Lipinski definition) is 3. The van der Waals surface area contributed by atoms with Crippen LogP contribution in [0.15, 0.2) is 53.2 Å². The van der Waals surface area contributed by atoms with Crippen molar-refractivity contribution in [3.8, 4) is 5.75 Å². The van der Waals surface area contributed by atoms with Gasteiger partial charge in [-0.05, 0) is 47.9 Å². The highest BCUT2D eigenvalue weighted by molar-refractivity contribution is 6.14. The minimum atomic E-state index is -0.509. The van der Waals surface area contributed by atoms with Crippen LogP contribution in [0.25, 0.3) is 6.08 Å². The highest BCUT2D eigenvalue weighted by Crippen LogP contribution is 2.20. The number of aliphatic imine (C=N–C) groups is 1. The fraction of sp³-hybridized carbons (Fsp3) is 0.158. The first-order chi connectivity index (χ1) is 12.0. The number of benzene rings is 2. The van der Waals surface area contributed by atoms with E-state index in [1.807, 2.05) is 6.07 Å². The zero-order chi connectivity index (χ0) is 17.8. The first-order valence-electron chi connectivity index (χ1n) is 7.74. The predicted molar refractivity (Wildman–Crippen MR) is 91.2 cm³/mol. The van der Waals surface area contributed by atoms with Crippen molar-refractivity contribution in [1.29, 1.82) is 0 Å². The molecule has 0 fully saturated rings. The minimum absolute atomic E-state index is 0.136. The highest BCUT2D eigenvalue weighted by Gasteiger charge is 2.19. The fourth-order valence-electron chi connectivity index (χ4n) is 2.52. The van der Waals surface area contributed by atoms with Crippen molar-refractivity contribution in [3.63, 3.8) is 0 Å². The van der Waals surface area contributed by atoms with Crippen molar-refractivity contribution in [3.05, 3.63) is 70.9 Å². The lowest BCUT2D eigenvalue weighted by molar-refractivity contribution is -0.115. The van der Waals surface area contributed by atoms with E-state index >= 15 is 0 Å². The monoisotopic (exact) mass is 342 g/mol. The molecule has 1 N–H and O–H groups in total. The van der Waals surface area contributed by atoms with Gasteiger partial charge in [-0.1, -0.05) is 18.2 Å². The smallest absolute Gasteiger partial charge is 0.275 e. The first-order valence-corrected chi connectivity index (χ1v) is 7.74. The quantitative estimate of drug-likeness (QED) is 0.846. The minimum Gasteiger partial charge on any atom is -0.494 e. The second kappa shape index (κ2) is 7.25. The zero-order valence-corrected chi connectivity index (χ0v) is 13.6. The van der Waals surface area contributed by atoms with Gasteiger partial charge in [-0.15, -0.1) is 0 Å². The molecule has 0 spiro atoms. The third kappa shape index (κ3) is 4.09. The summed E-state index contributed by atoms with van der Waals surface area (Å²) in [5.74, 6) is -0.500. The number of halogens is 2. The van der Waals surface area contributed by atoms with Gasteiger partial charge in [0.2, 0.25) is 0 Å². The lowest BCUT2D eigenvalue weighted by Gasteiger charge is -2.02. The molecule has 0 bridgehead atoms. The van der Waals surface area contributed by atoms with Crippen LogP contribution in [0.3, 0.4) is 0 Å². The molecular formula is C19H16F2N2O2. The normalized spacial score (nSPS) is 15.2. The van der Waals surface area contributed by atoms with E-state index in [0.29, 0.717) is 24.2 Å². The van der Waals surface area contributed by atoms with E-state index in [4.69, 9.17) is 4.74 Å². The molecule has 0 saturated carbocycles. The second-order valence-electron chi connectivity index (χ2n) is 5.57. The second-order valence-corrected chi connectivity index (χ2v) is 5.57. The Balaban J connectivity index is 1.72. The highest BCUT2D eigenvalue weighted by atomic mass is 19.1. The van der Waals surface area contributed by atoms with Gasteiger partial charge >= 0.3 is 0 Å². The number of aryl methyl sites for hydroxylation is 1. The van der Waals surface area contributed by atoms with Gasteiger partial charge in [0, 0.05) is 6.42 Å². The maximum atomic E-state index is 13.7. The third-order valence-electron chi connectivity index (χ3n) is 3.76. The summed E-state index contributed by atoms with van der Waals surface area (Å²) in [4.78, 5) is 16.2. The molecule has 25 heavy (non-hydrogen) atoms. The topological polar surface area (TPSA) is 50.7 Å². The fourth-order valence-corrected chi connectivity index (χ4v) is 2.52. The van der Waals surface area contributed by atoms with E-state index in [1.165, 1.54) is 37.5 Å². The van der Waals surface area contributed by atoms with E-state index in [1.54, 1.807) is 12.1 Å². The van der Waals surface area contributed by atoms with Crippen LogP contribution in [-0.4, -0.2) is 18.9 Å². The van der Waals surface area contributed by atoms with Crippen LogP contribution in [0.2, 0.25) is 0 Å². The van der Waals surface area contributed by atoms with Crippen LogP contribution >= 0.6 is 0 Å². The Kier molecular flexibility index (Phi) is 4.88. The maximum Gasteiger partial charge on any atom is 0.275 e. The number of methoxy groups -OCH3 is 1. The zero-order valence-electron chi connectivity index (χ0n) is 13.6. The van der Waals surface area contributed by atoms with Crippen molar-refractivity contribution in [2.24, 2.45) is 4.99 Å². The van der Waals surface area contributed by atoms with Crippen molar-refractivity contribution in [2.75, 3.05) is 7.11 Å². The predicted octanol–water partition coefficient (Wildman–Crippen LogP) is 3.48. The Labute approximate surface area is 143 Å². The van der Waals surface area contributed by atoms with Crippen LogP contribution < -0.4 is 10.1 Å². The number of rotatable bonds is 5. The third-order valence-corrected chi connectivity index (χ3v) is 3.76. The number of amidine groups is 1. The van der Waals surface area contributed by atoms with Gasteiger partial charge in [-0.2, -0.15) is 0 Å². The van der Waals surface area contributed by atoms with Crippen LogP contribution in [-0.2, 0) is 11.2 Å². The number of nitrogens with zero attached hydrogens (tertiary/aromatic N) is 1. The SMILES string of the molecule is COc1ccc(/C=C2/N=C(CCc3cccc(F)c3)NC2=O)cc1F. The number of amides is 1. The lowest BCUT2D eigenvalue weighted by Crippen LogP contribution is -2.24. The molecule has 4 nitrogen and oxygen atoms in total. The number of carbonyl (C=O) groups is 1. The van der Waals surface area contributed by atoms with Crippen LogP contribution in [0.1, 0.15) is 17.5 Å². The van der Waals surface area contributed by atoms with Crippen LogP contribution in [0.5, 0.6) is 5.75 Å². The molecule has 2 aromatic rings. The molecule has 6 heteroatoms. The summed E-state index contributed by atoms with van der Waals surface area (Å²) < 4.78 is 31.8. The molecule has 3 rings (SSSR count). The van der Waals surface area contributed by atoms with Gasteiger partial charge in [0.05, 0.1) is 7.11 Å².